The topological polar surface area (TPSA) is 130 Å². The minimum atomic E-state index is -0.997. The molecule has 0 radical (unpaired) electrons. The summed E-state index contributed by atoms with van der Waals surface area (Å²) in [5.74, 6) is 0.898. The molecule has 1 aliphatic rings. The number of furan rings is 2. The third-order valence-electron chi connectivity index (χ3n) is 6.86. The minimum Gasteiger partial charge on any atom is -0.463 e. The van der Waals surface area contributed by atoms with Gasteiger partial charge in [0, 0.05) is 29.3 Å². The molecule has 0 amide bonds. The molecule has 0 saturated carbocycles. The monoisotopic (exact) mass is 649 g/mol. The van der Waals surface area contributed by atoms with E-state index in [1.54, 1.807) is 74.5 Å². The lowest BCUT2D eigenvalue weighted by Crippen LogP contribution is -2.39. The van der Waals surface area contributed by atoms with Crippen molar-refractivity contribution in [3.05, 3.63) is 129 Å². The number of carbonyl (C=O) groups excluding carboxylic acids is 1. The molecule has 3 aromatic heterocycles. The van der Waals surface area contributed by atoms with Gasteiger partial charge in [-0.15, -0.1) is 0 Å². The summed E-state index contributed by atoms with van der Waals surface area (Å²) < 4.78 is 19.2. The second-order valence-corrected chi connectivity index (χ2v) is 11.5. The van der Waals surface area contributed by atoms with Gasteiger partial charge in [0.15, 0.2) is 4.80 Å². The number of esters is 1. The highest BCUT2D eigenvalue weighted by atomic mass is 35.5. The van der Waals surface area contributed by atoms with Crippen LogP contribution < -0.4 is 14.9 Å². The SMILES string of the molecule is CCOC(=O)C1=C(C)N=c2s/c(=C\c3ccc(-c4ccc(Cl)c(Cl)c4)o3)c(=O)n2[C@H]1c1ccc(-c2cccc([N+](=O)[O-])c2)o1. The van der Waals surface area contributed by atoms with Gasteiger partial charge in [-0.2, -0.15) is 0 Å². The van der Waals surface area contributed by atoms with Gasteiger partial charge in [-0.05, 0) is 56.3 Å². The summed E-state index contributed by atoms with van der Waals surface area (Å²) in [7, 11) is 0. The molecule has 4 heterocycles. The van der Waals surface area contributed by atoms with Gasteiger partial charge in [0.2, 0.25) is 0 Å². The number of carbonyl (C=O) groups is 1. The van der Waals surface area contributed by atoms with E-state index in [1.807, 2.05) is 0 Å². The van der Waals surface area contributed by atoms with E-state index < -0.39 is 22.5 Å². The largest absolute Gasteiger partial charge is 0.463 e. The van der Waals surface area contributed by atoms with E-state index in [2.05, 4.69) is 4.99 Å². The summed E-state index contributed by atoms with van der Waals surface area (Å²) >= 11 is 13.3. The predicted octanol–water partition coefficient (Wildman–Crippen LogP) is 6.53. The Morgan fingerprint density at radius 3 is 2.57 bits per heavy atom. The molecular weight excluding hydrogens is 629 g/mol. The molecule has 44 heavy (non-hydrogen) atoms. The average molecular weight is 650 g/mol. The Kier molecular flexibility index (Phi) is 7.85. The third-order valence-corrected chi connectivity index (χ3v) is 8.58. The van der Waals surface area contributed by atoms with Crippen LogP contribution >= 0.6 is 34.5 Å². The maximum Gasteiger partial charge on any atom is 0.338 e. The van der Waals surface area contributed by atoms with Crippen molar-refractivity contribution in [2.24, 2.45) is 4.99 Å². The predicted molar refractivity (Wildman–Crippen MR) is 165 cm³/mol. The van der Waals surface area contributed by atoms with Crippen molar-refractivity contribution >= 4 is 52.3 Å². The Morgan fingerprint density at radius 2 is 1.82 bits per heavy atom. The molecule has 0 fully saturated rings. The molecular formula is C31H21Cl2N3O7S. The van der Waals surface area contributed by atoms with Crippen LogP contribution in [-0.4, -0.2) is 22.1 Å². The lowest BCUT2D eigenvalue weighted by atomic mass is 10.0. The van der Waals surface area contributed by atoms with Gasteiger partial charge in [0.1, 0.15) is 29.1 Å². The fourth-order valence-electron chi connectivity index (χ4n) is 4.85. The second-order valence-electron chi connectivity index (χ2n) is 9.64. The van der Waals surface area contributed by atoms with Crippen molar-refractivity contribution in [3.63, 3.8) is 0 Å². The van der Waals surface area contributed by atoms with Gasteiger partial charge in [-0.25, -0.2) is 9.79 Å². The number of benzene rings is 2. The quantitative estimate of drug-likeness (QED) is 0.111. The number of thiazole rings is 1. The molecule has 0 N–H and O–H groups in total. The fraction of sp³-hybridized carbons (Fsp3) is 0.129. The number of nitro groups is 1. The number of non-ortho nitro benzene ring substituents is 1. The Balaban J connectivity index is 1.45. The number of nitrogens with zero attached hydrogens (tertiary/aromatic N) is 3. The Hall–Kier alpha value is -4.71. The van der Waals surface area contributed by atoms with Crippen LogP contribution in [-0.2, 0) is 9.53 Å². The van der Waals surface area contributed by atoms with E-state index in [1.165, 1.54) is 16.7 Å². The Morgan fingerprint density at radius 1 is 1.07 bits per heavy atom. The standard InChI is InChI=1S/C31H21Cl2N3O7S/c1-3-41-30(38)27-16(2)34-31-35(28(27)25-12-11-24(43-25)17-5-4-6-19(13-17)36(39)40)29(37)26(44-31)15-20-8-10-23(42-20)18-7-9-21(32)22(33)14-18/h4-15,28H,3H2,1-2H3/b26-15-/t28-/m0/s1. The van der Waals surface area contributed by atoms with Crippen LogP contribution in [0.4, 0.5) is 5.69 Å². The zero-order chi connectivity index (χ0) is 31.1. The van der Waals surface area contributed by atoms with E-state index in [-0.39, 0.29) is 23.6 Å². The molecule has 1 atom stereocenters. The van der Waals surface area contributed by atoms with Gasteiger partial charge >= 0.3 is 5.97 Å². The molecule has 222 valence electrons. The summed E-state index contributed by atoms with van der Waals surface area (Å²) in [6.45, 7) is 3.46. The lowest BCUT2D eigenvalue weighted by Gasteiger charge is -2.22. The highest BCUT2D eigenvalue weighted by Gasteiger charge is 2.35. The molecule has 1 aliphatic heterocycles. The van der Waals surface area contributed by atoms with Gasteiger partial charge in [0.05, 0.1) is 37.4 Å². The maximum atomic E-state index is 13.9. The summed E-state index contributed by atoms with van der Waals surface area (Å²) in [4.78, 5) is 42.8. The number of rotatable bonds is 7. The van der Waals surface area contributed by atoms with Crippen molar-refractivity contribution in [2.75, 3.05) is 6.61 Å². The number of halogens is 2. The van der Waals surface area contributed by atoms with E-state index in [4.69, 9.17) is 36.8 Å². The van der Waals surface area contributed by atoms with Crippen LogP contribution in [0.25, 0.3) is 28.7 Å². The first-order chi connectivity index (χ1) is 21.1. The van der Waals surface area contributed by atoms with E-state index in [0.29, 0.717) is 53.5 Å². The average Bonchev–Trinajstić information content (AvgIpc) is 3.74. The Labute approximate surface area is 262 Å². The zero-order valence-corrected chi connectivity index (χ0v) is 25.4. The molecule has 6 rings (SSSR count). The fourth-order valence-corrected chi connectivity index (χ4v) is 6.18. The summed E-state index contributed by atoms with van der Waals surface area (Å²) in [6, 6.07) is 16.9. The highest BCUT2D eigenvalue weighted by molar-refractivity contribution is 7.07. The molecule has 0 aliphatic carbocycles. The third kappa shape index (κ3) is 5.41. The van der Waals surface area contributed by atoms with Crippen molar-refractivity contribution in [1.82, 2.24) is 4.57 Å². The smallest absolute Gasteiger partial charge is 0.338 e. The minimum absolute atomic E-state index is 0.100. The van der Waals surface area contributed by atoms with Crippen LogP contribution in [0.1, 0.15) is 31.4 Å². The summed E-state index contributed by atoms with van der Waals surface area (Å²) in [5.41, 5.74) is 1.17. The van der Waals surface area contributed by atoms with E-state index in [9.17, 15) is 19.7 Å². The van der Waals surface area contributed by atoms with Crippen LogP contribution in [0.3, 0.4) is 0 Å². The summed E-state index contributed by atoms with van der Waals surface area (Å²) in [6.07, 6.45) is 1.60. The van der Waals surface area contributed by atoms with Crippen LogP contribution in [0.2, 0.25) is 10.0 Å². The van der Waals surface area contributed by atoms with Crippen LogP contribution in [0, 0.1) is 10.1 Å². The van der Waals surface area contributed by atoms with E-state index >= 15 is 0 Å². The number of allylic oxidation sites excluding steroid dienone is 1. The Bertz CT molecular complexity index is 2170. The molecule has 10 nitrogen and oxygen atoms in total. The van der Waals surface area contributed by atoms with E-state index in [0.717, 1.165) is 11.3 Å². The molecule has 2 aromatic carbocycles. The van der Waals surface area contributed by atoms with Crippen LogP contribution in [0.5, 0.6) is 0 Å². The van der Waals surface area contributed by atoms with Gasteiger partial charge in [-0.3, -0.25) is 19.5 Å². The van der Waals surface area contributed by atoms with Gasteiger partial charge in [-0.1, -0.05) is 46.7 Å². The number of ether oxygens (including phenoxy) is 1. The first-order valence-electron chi connectivity index (χ1n) is 13.2. The maximum absolute atomic E-state index is 13.9. The first-order valence-corrected chi connectivity index (χ1v) is 14.8. The molecule has 5 aromatic rings. The molecule has 0 unspecified atom stereocenters. The van der Waals surface area contributed by atoms with Crippen LogP contribution in [0.15, 0.2) is 96.6 Å². The van der Waals surface area contributed by atoms with Crippen molar-refractivity contribution in [1.29, 1.82) is 0 Å². The molecule has 0 spiro atoms. The van der Waals surface area contributed by atoms with Gasteiger partial charge in [0.25, 0.3) is 11.2 Å². The number of nitro benzene ring substituents is 1. The number of fused-ring (bicyclic) bond motifs is 1. The lowest BCUT2D eigenvalue weighted by molar-refractivity contribution is -0.384. The van der Waals surface area contributed by atoms with Crippen molar-refractivity contribution < 1.29 is 23.3 Å². The summed E-state index contributed by atoms with van der Waals surface area (Å²) in [5, 5.41) is 12.1. The number of aromatic nitrogens is 1. The molecule has 13 heteroatoms. The van der Waals surface area contributed by atoms with Crippen molar-refractivity contribution in [3.8, 4) is 22.6 Å². The van der Waals surface area contributed by atoms with Gasteiger partial charge < -0.3 is 13.6 Å². The molecule has 0 saturated heterocycles. The van der Waals surface area contributed by atoms with Crippen molar-refractivity contribution in [2.45, 2.75) is 19.9 Å². The zero-order valence-electron chi connectivity index (χ0n) is 23.1. The number of hydrogen-bond acceptors (Lipinski definition) is 9. The first kappa shape index (κ1) is 29.4. The number of hydrogen-bond donors (Lipinski definition) is 0. The molecule has 0 bridgehead atoms. The highest BCUT2D eigenvalue weighted by Crippen LogP contribution is 2.35. The normalized spacial score (nSPS) is 14.8. The second kappa shape index (κ2) is 11.8.